The predicted octanol–water partition coefficient (Wildman–Crippen LogP) is 2.92. The van der Waals surface area contributed by atoms with E-state index in [9.17, 15) is 0 Å². The van der Waals surface area contributed by atoms with Gasteiger partial charge in [-0.1, -0.05) is 17.6 Å². The SMILES string of the molecule is [CH2]C([CH2])=C1CCCCC1. The lowest BCUT2D eigenvalue weighted by molar-refractivity contribution is 0.596. The highest BCUT2D eigenvalue weighted by molar-refractivity contribution is 5.20. The summed E-state index contributed by atoms with van der Waals surface area (Å²) in [6.45, 7) is 7.66. The molecule has 0 saturated heterocycles. The molecule has 50 valence electrons. The van der Waals surface area contributed by atoms with E-state index in [4.69, 9.17) is 0 Å². The molecular weight excluding hydrogens is 108 g/mol. The molecule has 0 heteroatoms. The molecule has 0 aliphatic heterocycles. The Labute approximate surface area is 58.0 Å². The highest BCUT2D eigenvalue weighted by atomic mass is 14.1. The summed E-state index contributed by atoms with van der Waals surface area (Å²) < 4.78 is 0. The first-order chi connectivity index (χ1) is 4.30. The molecule has 0 aromatic carbocycles. The number of allylic oxidation sites excluding steroid dienone is 2. The van der Waals surface area contributed by atoms with Crippen molar-refractivity contribution < 1.29 is 0 Å². The summed E-state index contributed by atoms with van der Waals surface area (Å²) in [6, 6.07) is 0. The summed E-state index contributed by atoms with van der Waals surface area (Å²) in [7, 11) is 0. The Bertz CT molecular complexity index is 108. The smallest absolute Gasteiger partial charge is 0.0280 e. The molecule has 0 amide bonds. The molecule has 0 N–H and O–H groups in total. The maximum absolute atomic E-state index is 3.83. The minimum atomic E-state index is 1.06. The van der Waals surface area contributed by atoms with Crippen LogP contribution in [0.25, 0.3) is 0 Å². The quantitative estimate of drug-likeness (QED) is 0.463. The van der Waals surface area contributed by atoms with Crippen LogP contribution in [-0.4, -0.2) is 0 Å². The van der Waals surface area contributed by atoms with Crippen LogP contribution in [-0.2, 0) is 0 Å². The molecule has 1 fully saturated rings. The Morgan fingerprint density at radius 2 is 1.56 bits per heavy atom. The minimum absolute atomic E-state index is 1.06. The Morgan fingerprint density at radius 1 is 1.00 bits per heavy atom. The van der Waals surface area contributed by atoms with Gasteiger partial charge < -0.3 is 0 Å². The van der Waals surface area contributed by atoms with Gasteiger partial charge in [0.2, 0.25) is 0 Å². The van der Waals surface area contributed by atoms with Crippen LogP contribution in [0.3, 0.4) is 0 Å². The summed E-state index contributed by atoms with van der Waals surface area (Å²) in [5.41, 5.74) is 2.57. The zero-order chi connectivity index (χ0) is 6.69. The van der Waals surface area contributed by atoms with E-state index in [-0.39, 0.29) is 0 Å². The third-order valence-corrected chi connectivity index (χ3v) is 1.96. The molecule has 1 aliphatic carbocycles. The van der Waals surface area contributed by atoms with Crippen LogP contribution in [0.1, 0.15) is 32.1 Å². The lowest BCUT2D eigenvalue weighted by atomic mass is 9.92. The summed E-state index contributed by atoms with van der Waals surface area (Å²) in [4.78, 5) is 0. The highest BCUT2D eigenvalue weighted by Crippen LogP contribution is 2.24. The standard InChI is InChI=1S/C9H14/c1-8(2)9-6-4-3-5-7-9/h1-7H2. The molecule has 0 spiro atoms. The maximum atomic E-state index is 3.83. The molecule has 0 atom stereocenters. The summed E-state index contributed by atoms with van der Waals surface area (Å²) in [5.74, 6) is 0. The number of hydrogen-bond acceptors (Lipinski definition) is 0. The monoisotopic (exact) mass is 122 g/mol. The third kappa shape index (κ3) is 1.85. The van der Waals surface area contributed by atoms with Crippen molar-refractivity contribution in [1.82, 2.24) is 0 Å². The predicted molar refractivity (Wildman–Crippen MR) is 40.8 cm³/mol. The van der Waals surface area contributed by atoms with Crippen molar-refractivity contribution >= 4 is 0 Å². The second kappa shape index (κ2) is 3.05. The fourth-order valence-corrected chi connectivity index (χ4v) is 1.33. The topological polar surface area (TPSA) is 0 Å². The van der Waals surface area contributed by atoms with Crippen molar-refractivity contribution in [2.75, 3.05) is 0 Å². The average Bonchev–Trinajstić information content (AvgIpc) is 1.90. The van der Waals surface area contributed by atoms with Crippen molar-refractivity contribution in [3.8, 4) is 0 Å². The highest BCUT2D eigenvalue weighted by Gasteiger charge is 2.05. The van der Waals surface area contributed by atoms with E-state index in [0.29, 0.717) is 0 Å². The second-order valence-corrected chi connectivity index (χ2v) is 2.77. The van der Waals surface area contributed by atoms with Crippen molar-refractivity contribution in [3.05, 3.63) is 25.0 Å². The molecule has 0 nitrogen and oxygen atoms in total. The van der Waals surface area contributed by atoms with Gasteiger partial charge in [-0.25, -0.2) is 0 Å². The van der Waals surface area contributed by atoms with Gasteiger partial charge in [0.05, 0.1) is 0 Å². The Hall–Kier alpha value is -0.260. The van der Waals surface area contributed by atoms with Crippen molar-refractivity contribution in [2.45, 2.75) is 32.1 Å². The lowest BCUT2D eigenvalue weighted by Gasteiger charge is -2.14. The van der Waals surface area contributed by atoms with Gasteiger partial charge in [-0.15, -0.1) is 0 Å². The number of hydrogen-bond donors (Lipinski definition) is 0. The molecule has 0 bridgehead atoms. The first kappa shape index (κ1) is 6.85. The second-order valence-electron chi connectivity index (χ2n) is 2.77. The van der Waals surface area contributed by atoms with Gasteiger partial charge in [0.1, 0.15) is 0 Å². The van der Waals surface area contributed by atoms with E-state index in [0.717, 1.165) is 5.57 Å². The lowest BCUT2D eigenvalue weighted by Crippen LogP contribution is -1.95. The Balaban J connectivity index is 2.49. The molecular formula is C9H14. The van der Waals surface area contributed by atoms with Crippen LogP contribution in [0, 0.1) is 13.8 Å². The maximum Gasteiger partial charge on any atom is -0.0280 e. The van der Waals surface area contributed by atoms with E-state index in [1.807, 2.05) is 0 Å². The van der Waals surface area contributed by atoms with Crippen LogP contribution >= 0.6 is 0 Å². The molecule has 1 rings (SSSR count). The number of rotatable bonds is 0. The van der Waals surface area contributed by atoms with Gasteiger partial charge in [-0.3, -0.25) is 0 Å². The van der Waals surface area contributed by atoms with Gasteiger partial charge in [-0.2, -0.15) is 0 Å². The van der Waals surface area contributed by atoms with E-state index in [2.05, 4.69) is 13.8 Å². The molecule has 0 aromatic heterocycles. The first-order valence-corrected chi connectivity index (χ1v) is 3.66. The zero-order valence-electron chi connectivity index (χ0n) is 5.95. The van der Waals surface area contributed by atoms with E-state index >= 15 is 0 Å². The first-order valence-electron chi connectivity index (χ1n) is 3.66. The largest absolute Gasteiger partial charge is 0.0710 e. The fraction of sp³-hybridized carbons (Fsp3) is 0.556. The van der Waals surface area contributed by atoms with Crippen molar-refractivity contribution in [2.24, 2.45) is 0 Å². The average molecular weight is 122 g/mol. The minimum Gasteiger partial charge on any atom is -0.0710 e. The summed E-state index contributed by atoms with van der Waals surface area (Å²) in [5, 5.41) is 0. The Kier molecular flexibility index (Phi) is 2.32. The van der Waals surface area contributed by atoms with Crippen LogP contribution in [0.2, 0.25) is 0 Å². The fourth-order valence-electron chi connectivity index (χ4n) is 1.33. The molecule has 0 heterocycles. The van der Waals surface area contributed by atoms with Gasteiger partial charge in [0.25, 0.3) is 0 Å². The molecule has 2 radical (unpaired) electrons. The van der Waals surface area contributed by atoms with Crippen LogP contribution in [0.15, 0.2) is 11.1 Å². The van der Waals surface area contributed by atoms with Crippen LogP contribution in [0.5, 0.6) is 0 Å². The van der Waals surface area contributed by atoms with Gasteiger partial charge >= 0.3 is 0 Å². The van der Waals surface area contributed by atoms with Gasteiger partial charge in [0.15, 0.2) is 0 Å². The summed E-state index contributed by atoms with van der Waals surface area (Å²) in [6.07, 6.45) is 6.61. The normalized spacial score (nSPS) is 20.0. The molecule has 0 unspecified atom stereocenters. The molecule has 0 aromatic rings. The molecule has 9 heavy (non-hydrogen) atoms. The molecule has 1 aliphatic rings. The van der Waals surface area contributed by atoms with Crippen molar-refractivity contribution in [3.63, 3.8) is 0 Å². The van der Waals surface area contributed by atoms with Crippen molar-refractivity contribution in [1.29, 1.82) is 0 Å². The van der Waals surface area contributed by atoms with E-state index in [1.54, 1.807) is 0 Å². The van der Waals surface area contributed by atoms with Crippen LogP contribution in [0.4, 0.5) is 0 Å². The van der Waals surface area contributed by atoms with Gasteiger partial charge in [0, 0.05) is 0 Å². The van der Waals surface area contributed by atoms with E-state index < -0.39 is 0 Å². The third-order valence-electron chi connectivity index (χ3n) is 1.96. The van der Waals surface area contributed by atoms with E-state index in [1.165, 1.54) is 37.7 Å². The molecule has 1 saturated carbocycles. The zero-order valence-corrected chi connectivity index (χ0v) is 5.95. The van der Waals surface area contributed by atoms with Gasteiger partial charge in [-0.05, 0) is 39.5 Å². The Morgan fingerprint density at radius 3 is 1.89 bits per heavy atom. The summed E-state index contributed by atoms with van der Waals surface area (Å²) >= 11 is 0. The van der Waals surface area contributed by atoms with Crippen LogP contribution < -0.4 is 0 Å².